The molecule has 0 aliphatic carbocycles. The van der Waals surface area contributed by atoms with Crippen molar-refractivity contribution in [2.75, 3.05) is 25.0 Å². The number of carbonyl (C=O) groups excluding carboxylic acids is 1. The lowest BCUT2D eigenvalue weighted by molar-refractivity contribution is 0.250. The lowest BCUT2D eigenvalue weighted by atomic mass is 10.1. The van der Waals surface area contributed by atoms with Gasteiger partial charge in [0, 0.05) is 31.2 Å². The topological polar surface area (TPSA) is 86.8 Å². The van der Waals surface area contributed by atoms with Gasteiger partial charge in [-0.3, -0.25) is 0 Å². The van der Waals surface area contributed by atoms with Gasteiger partial charge in [-0.1, -0.05) is 24.3 Å². The van der Waals surface area contributed by atoms with E-state index in [-0.39, 0.29) is 12.1 Å². The van der Waals surface area contributed by atoms with Gasteiger partial charge in [-0.15, -0.1) is 0 Å². The molecule has 1 heterocycles. The molecule has 0 radical (unpaired) electrons. The first-order valence-corrected chi connectivity index (χ1v) is 11.0. The van der Waals surface area contributed by atoms with Gasteiger partial charge in [-0.2, -0.15) is 0 Å². The van der Waals surface area contributed by atoms with Crippen molar-refractivity contribution in [1.82, 2.24) is 16.0 Å². The molecule has 0 bridgehead atoms. The molecule has 1 aliphatic heterocycles. The van der Waals surface area contributed by atoms with Crippen molar-refractivity contribution in [3.8, 4) is 5.75 Å². The normalized spacial score (nSPS) is 12.8. The van der Waals surface area contributed by atoms with E-state index >= 15 is 0 Å². The van der Waals surface area contributed by atoms with Gasteiger partial charge in [-0.25, -0.2) is 9.79 Å². The Morgan fingerprint density at radius 3 is 2.61 bits per heavy atom. The number of carbonyl (C=O) groups is 1. The van der Waals surface area contributed by atoms with E-state index in [1.54, 1.807) is 0 Å². The maximum absolute atomic E-state index is 11.8. The number of nitrogens with zero attached hydrogens (tertiary/aromatic N) is 1. The van der Waals surface area contributed by atoms with Gasteiger partial charge in [0.05, 0.1) is 13.2 Å². The van der Waals surface area contributed by atoms with Gasteiger partial charge >= 0.3 is 6.03 Å². The van der Waals surface area contributed by atoms with Crippen molar-refractivity contribution in [3.63, 3.8) is 0 Å². The number of hydrogen-bond donors (Lipinski definition) is 4. The standard InChI is InChI=1S/C24H33N5O2/c1-4-25-23(26-13-11-18-7-10-22-20(15-18)12-14-31-22)27-16-19-5-8-21(9-6-19)29-24(30)28-17(2)3/h5-10,15,17H,4,11-14,16H2,1-3H3,(H2,25,26,27)(H2,28,29,30). The molecule has 0 spiro atoms. The summed E-state index contributed by atoms with van der Waals surface area (Å²) in [5.41, 5.74) is 4.44. The highest BCUT2D eigenvalue weighted by Gasteiger charge is 2.11. The number of rotatable bonds is 8. The number of anilines is 1. The van der Waals surface area contributed by atoms with E-state index in [0.29, 0.717) is 6.54 Å². The average Bonchev–Trinajstić information content (AvgIpc) is 3.20. The minimum Gasteiger partial charge on any atom is -0.493 e. The minimum absolute atomic E-state index is 0.0994. The SMILES string of the molecule is CCNC(=NCc1ccc(NC(=O)NC(C)C)cc1)NCCc1ccc2c(c1)CCO2. The van der Waals surface area contributed by atoms with E-state index in [2.05, 4.69) is 51.4 Å². The molecule has 2 amide bonds. The smallest absolute Gasteiger partial charge is 0.319 e. The third-order valence-corrected chi connectivity index (χ3v) is 4.86. The fourth-order valence-corrected chi connectivity index (χ4v) is 3.36. The Morgan fingerprint density at radius 2 is 1.87 bits per heavy atom. The molecule has 0 unspecified atom stereocenters. The van der Waals surface area contributed by atoms with Crippen LogP contribution in [0.5, 0.6) is 5.75 Å². The molecule has 0 saturated carbocycles. The molecule has 7 heteroatoms. The molecule has 0 aromatic heterocycles. The maximum atomic E-state index is 11.8. The molecular weight excluding hydrogens is 390 g/mol. The number of hydrogen-bond acceptors (Lipinski definition) is 3. The van der Waals surface area contributed by atoms with Crippen molar-refractivity contribution >= 4 is 17.7 Å². The molecule has 1 aliphatic rings. The first-order chi connectivity index (χ1) is 15.0. The zero-order valence-electron chi connectivity index (χ0n) is 18.6. The van der Waals surface area contributed by atoms with Gasteiger partial charge in [0.2, 0.25) is 0 Å². The van der Waals surface area contributed by atoms with Crippen LogP contribution in [0, 0.1) is 0 Å². The van der Waals surface area contributed by atoms with E-state index in [4.69, 9.17) is 4.74 Å². The number of urea groups is 1. The first-order valence-electron chi connectivity index (χ1n) is 11.0. The molecule has 7 nitrogen and oxygen atoms in total. The predicted molar refractivity (Wildman–Crippen MR) is 126 cm³/mol. The molecule has 3 rings (SSSR count). The summed E-state index contributed by atoms with van der Waals surface area (Å²) in [4.78, 5) is 16.5. The predicted octanol–water partition coefficient (Wildman–Crippen LogP) is 3.45. The van der Waals surface area contributed by atoms with E-state index < -0.39 is 0 Å². The number of fused-ring (bicyclic) bond motifs is 1. The maximum Gasteiger partial charge on any atom is 0.319 e. The monoisotopic (exact) mass is 423 g/mol. The number of ether oxygens (including phenoxy) is 1. The molecule has 166 valence electrons. The quantitative estimate of drug-likeness (QED) is 0.387. The lowest BCUT2D eigenvalue weighted by Crippen LogP contribution is -2.38. The molecule has 2 aromatic rings. The average molecular weight is 424 g/mol. The van der Waals surface area contributed by atoms with Crippen LogP contribution < -0.4 is 26.0 Å². The molecule has 0 atom stereocenters. The Bertz CT molecular complexity index is 893. The van der Waals surface area contributed by atoms with Crippen molar-refractivity contribution in [3.05, 3.63) is 59.2 Å². The molecule has 2 aromatic carbocycles. The van der Waals surface area contributed by atoms with Gasteiger partial charge < -0.3 is 26.0 Å². The van der Waals surface area contributed by atoms with E-state index in [9.17, 15) is 4.79 Å². The summed E-state index contributed by atoms with van der Waals surface area (Å²) in [7, 11) is 0. The second-order valence-electron chi connectivity index (χ2n) is 7.86. The second kappa shape index (κ2) is 11.2. The third-order valence-electron chi connectivity index (χ3n) is 4.86. The van der Waals surface area contributed by atoms with Crippen LogP contribution in [0.2, 0.25) is 0 Å². The summed E-state index contributed by atoms with van der Waals surface area (Å²) in [5.74, 6) is 1.82. The van der Waals surface area contributed by atoms with Gasteiger partial charge in [0.25, 0.3) is 0 Å². The third kappa shape index (κ3) is 7.20. The zero-order chi connectivity index (χ0) is 22.1. The summed E-state index contributed by atoms with van der Waals surface area (Å²) in [6.45, 7) is 8.87. The minimum atomic E-state index is -0.199. The van der Waals surface area contributed by atoms with Crippen molar-refractivity contribution in [2.45, 2.75) is 46.2 Å². The largest absolute Gasteiger partial charge is 0.493 e. The summed E-state index contributed by atoms with van der Waals surface area (Å²) in [5, 5.41) is 12.3. The van der Waals surface area contributed by atoms with Crippen LogP contribution >= 0.6 is 0 Å². The van der Waals surface area contributed by atoms with Gasteiger partial charge in [-0.05, 0) is 62.1 Å². The molecule has 4 N–H and O–H groups in total. The summed E-state index contributed by atoms with van der Waals surface area (Å²) in [6.07, 6.45) is 1.92. The van der Waals surface area contributed by atoms with Crippen LogP contribution in [-0.4, -0.2) is 37.7 Å². The molecule has 0 fully saturated rings. The molecule has 31 heavy (non-hydrogen) atoms. The van der Waals surface area contributed by atoms with Crippen LogP contribution in [0.15, 0.2) is 47.5 Å². The fraction of sp³-hybridized carbons (Fsp3) is 0.417. The Balaban J connectivity index is 1.49. The number of benzene rings is 2. The van der Waals surface area contributed by atoms with E-state index in [1.807, 2.05) is 38.1 Å². The van der Waals surface area contributed by atoms with Crippen LogP contribution in [-0.2, 0) is 19.4 Å². The fourth-order valence-electron chi connectivity index (χ4n) is 3.36. The number of guanidine groups is 1. The Hall–Kier alpha value is -3.22. The zero-order valence-corrected chi connectivity index (χ0v) is 18.6. The number of aliphatic imine (C=N–C) groups is 1. The molecule has 0 saturated heterocycles. The van der Waals surface area contributed by atoms with Gasteiger partial charge in [0.15, 0.2) is 5.96 Å². The molecular formula is C24H33N5O2. The second-order valence-corrected chi connectivity index (χ2v) is 7.86. The summed E-state index contributed by atoms with van der Waals surface area (Å²) in [6, 6.07) is 14.1. The van der Waals surface area contributed by atoms with E-state index in [0.717, 1.165) is 55.5 Å². The Labute approximate surface area is 184 Å². The van der Waals surface area contributed by atoms with Crippen LogP contribution in [0.1, 0.15) is 37.5 Å². The van der Waals surface area contributed by atoms with Crippen LogP contribution in [0.4, 0.5) is 10.5 Å². The highest BCUT2D eigenvalue weighted by molar-refractivity contribution is 5.89. The number of nitrogens with one attached hydrogen (secondary N) is 4. The summed E-state index contributed by atoms with van der Waals surface area (Å²) < 4.78 is 5.57. The highest BCUT2D eigenvalue weighted by atomic mass is 16.5. The Morgan fingerprint density at radius 1 is 1.10 bits per heavy atom. The van der Waals surface area contributed by atoms with Crippen LogP contribution in [0.3, 0.4) is 0 Å². The van der Waals surface area contributed by atoms with Crippen molar-refractivity contribution in [1.29, 1.82) is 0 Å². The summed E-state index contributed by atoms with van der Waals surface area (Å²) >= 11 is 0. The number of amides is 2. The van der Waals surface area contributed by atoms with Crippen molar-refractivity contribution in [2.24, 2.45) is 4.99 Å². The highest BCUT2D eigenvalue weighted by Crippen LogP contribution is 2.25. The van der Waals surface area contributed by atoms with Crippen LogP contribution in [0.25, 0.3) is 0 Å². The van der Waals surface area contributed by atoms with E-state index in [1.165, 1.54) is 11.1 Å². The Kier molecular flexibility index (Phi) is 8.15. The van der Waals surface area contributed by atoms with Gasteiger partial charge in [0.1, 0.15) is 5.75 Å². The van der Waals surface area contributed by atoms with Crippen molar-refractivity contribution < 1.29 is 9.53 Å². The lowest BCUT2D eigenvalue weighted by Gasteiger charge is -2.12. The first kappa shape index (κ1) is 22.5.